The van der Waals surface area contributed by atoms with Crippen molar-refractivity contribution in [1.29, 1.82) is 0 Å². The first-order valence-corrected chi connectivity index (χ1v) is 5.67. The fraction of sp³-hybridized carbons (Fsp3) is 0.500. The van der Waals surface area contributed by atoms with Crippen molar-refractivity contribution in [3.05, 3.63) is 35.6 Å². The number of hydrogen-bond acceptors (Lipinski definition) is 2. The predicted octanol–water partition coefficient (Wildman–Crippen LogP) is 3.04. The van der Waals surface area contributed by atoms with Gasteiger partial charge in [-0.25, -0.2) is 4.39 Å². The Labute approximate surface area is 99.3 Å². The van der Waals surface area contributed by atoms with Gasteiger partial charge in [-0.05, 0) is 31.5 Å². The molecule has 0 aliphatic carbocycles. The number of rotatable bonds is 2. The Morgan fingerprint density at radius 1 is 1.31 bits per heavy atom. The predicted molar refractivity (Wildman–Crippen MR) is 59.9 cm³/mol. The second kappa shape index (κ2) is 3.99. The summed E-state index contributed by atoms with van der Waals surface area (Å²) >= 11 is 5.97. The van der Waals surface area contributed by atoms with Gasteiger partial charge in [0.1, 0.15) is 11.4 Å². The van der Waals surface area contributed by atoms with Gasteiger partial charge < -0.3 is 9.47 Å². The molecular weight excluding hydrogens is 231 g/mol. The molecule has 16 heavy (non-hydrogen) atoms. The monoisotopic (exact) mass is 244 g/mol. The van der Waals surface area contributed by atoms with Crippen LogP contribution in [0.25, 0.3) is 0 Å². The van der Waals surface area contributed by atoms with Crippen molar-refractivity contribution in [2.75, 3.05) is 12.5 Å². The summed E-state index contributed by atoms with van der Waals surface area (Å²) in [5.41, 5.74) is 0.174. The zero-order chi connectivity index (χ0) is 11.8. The minimum atomic E-state index is -0.668. The summed E-state index contributed by atoms with van der Waals surface area (Å²) in [6.45, 7) is 4.06. The molecule has 2 rings (SSSR count). The molecule has 1 aliphatic heterocycles. The smallest absolute Gasteiger partial charge is 0.164 e. The summed E-state index contributed by atoms with van der Waals surface area (Å²) in [5, 5.41) is 0. The maximum Gasteiger partial charge on any atom is 0.164 e. The molecule has 1 aromatic carbocycles. The van der Waals surface area contributed by atoms with Gasteiger partial charge in [0.15, 0.2) is 5.79 Å². The lowest BCUT2D eigenvalue weighted by molar-refractivity contribution is -0.158. The lowest BCUT2D eigenvalue weighted by Gasteiger charge is -2.27. The van der Waals surface area contributed by atoms with Crippen LogP contribution >= 0.6 is 11.6 Å². The number of benzene rings is 1. The number of alkyl halides is 1. The Bertz CT molecular complexity index is 377. The van der Waals surface area contributed by atoms with Gasteiger partial charge in [0.2, 0.25) is 0 Å². The van der Waals surface area contributed by atoms with Crippen molar-refractivity contribution < 1.29 is 13.9 Å². The molecule has 0 amide bonds. The quantitative estimate of drug-likeness (QED) is 0.745. The van der Waals surface area contributed by atoms with Gasteiger partial charge >= 0.3 is 0 Å². The highest BCUT2D eigenvalue weighted by Crippen LogP contribution is 2.39. The summed E-state index contributed by atoms with van der Waals surface area (Å²) in [7, 11) is 0. The van der Waals surface area contributed by atoms with E-state index >= 15 is 0 Å². The molecule has 1 unspecified atom stereocenters. The zero-order valence-electron chi connectivity index (χ0n) is 9.30. The van der Waals surface area contributed by atoms with E-state index in [1.807, 2.05) is 13.8 Å². The largest absolute Gasteiger partial charge is 0.347 e. The molecule has 2 nitrogen and oxygen atoms in total. The Morgan fingerprint density at radius 3 is 2.38 bits per heavy atom. The van der Waals surface area contributed by atoms with E-state index in [1.54, 1.807) is 12.1 Å². The summed E-state index contributed by atoms with van der Waals surface area (Å²) in [4.78, 5) is 0. The molecule has 1 aliphatic rings. The average Bonchev–Trinajstić information content (AvgIpc) is 2.57. The highest BCUT2D eigenvalue weighted by Gasteiger charge is 2.46. The third kappa shape index (κ3) is 2.08. The Kier molecular flexibility index (Phi) is 2.95. The van der Waals surface area contributed by atoms with Crippen molar-refractivity contribution >= 4 is 11.6 Å². The van der Waals surface area contributed by atoms with E-state index in [4.69, 9.17) is 21.1 Å². The highest BCUT2D eigenvalue weighted by atomic mass is 35.5. The van der Waals surface area contributed by atoms with E-state index in [-0.39, 0.29) is 11.7 Å². The van der Waals surface area contributed by atoms with Gasteiger partial charge in [0.25, 0.3) is 0 Å². The van der Waals surface area contributed by atoms with Gasteiger partial charge in [-0.3, -0.25) is 0 Å². The van der Waals surface area contributed by atoms with Crippen LogP contribution in [0, 0.1) is 5.82 Å². The Balaban J connectivity index is 2.33. The van der Waals surface area contributed by atoms with E-state index in [9.17, 15) is 4.39 Å². The molecule has 1 heterocycles. The van der Waals surface area contributed by atoms with Crippen LogP contribution < -0.4 is 0 Å². The average molecular weight is 245 g/mol. The van der Waals surface area contributed by atoms with E-state index in [0.29, 0.717) is 6.61 Å². The second-order valence-electron chi connectivity index (χ2n) is 4.43. The first-order chi connectivity index (χ1) is 7.47. The second-order valence-corrected chi connectivity index (χ2v) is 4.69. The van der Waals surface area contributed by atoms with Crippen LogP contribution in [0.5, 0.6) is 0 Å². The van der Waals surface area contributed by atoms with Crippen molar-refractivity contribution in [3.8, 4) is 0 Å². The van der Waals surface area contributed by atoms with Gasteiger partial charge in [-0.1, -0.05) is 12.1 Å². The van der Waals surface area contributed by atoms with Crippen LogP contribution in [0.15, 0.2) is 24.3 Å². The van der Waals surface area contributed by atoms with Gasteiger partial charge in [0.05, 0.1) is 12.5 Å². The molecule has 1 fully saturated rings. The van der Waals surface area contributed by atoms with Crippen molar-refractivity contribution in [3.63, 3.8) is 0 Å². The Morgan fingerprint density at radius 2 is 1.94 bits per heavy atom. The molecule has 0 bridgehead atoms. The Hall–Kier alpha value is -0.640. The van der Waals surface area contributed by atoms with Crippen molar-refractivity contribution in [2.24, 2.45) is 0 Å². The molecule has 1 atom stereocenters. The molecule has 1 saturated heterocycles. The fourth-order valence-electron chi connectivity index (χ4n) is 1.86. The SMILES string of the molecule is CC1(C)OCC(CCl)(c2ccc(F)cc2)O1. The fourth-order valence-corrected chi connectivity index (χ4v) is 2.14. The van der Waals surface area contributed by atoms with Crippen LogP contribution in [0.3, 0.4) is 0 Å². The van der Waals surface area contributed by atoms with Crippen LogP contribution in [0.1, 0.15) is 19.4 Å². The number of hydrogen-bond donors (Lipinski definition) is 0. The van der Waals surface area contributed by atoms with Crippen LogP contribution in [-0.2, 0) is 15.1 Å². The van der Waals surface area contributed by atoms with Gasteiger partial charge in [-0.15, -0.1) is 11.6 Å². The van der Waals surface area contributed by atoms with Crippen molar-refractivity contribution in [1.82, 2.24) is 0 Å². The molecular formula is C12H14ClFO2. The van der Waals surface area contributed by atoms with Crippen LogP contribution in [0.4, 0.5) is 4.39 Å². The standard InChI is InChI=1S/C12H14ClFO2/c1-11(2)15-8-12(7-13,16-11)9-3-5-10(14)6-4-9/h3-6H,7-8H2,1-2H3. The molecule has 88 valence electrons. The molecule has 0 N–H and O–H groups in total. The molecule has 0 spiro atoms. The maximum atomic E-state index is 12.8. The lowest BCUT2D eigenvalue weighted by Crippen LogP contribution is -2.33. The zero-order valence-corrected chi connectivity index (χ0v) is 10.1. The molecule has 0 radical (unpaired) electrons. The highest BCUT2D eigenvalue weighted by molar-refractivity contribution is 6.18. The molecule has 0 saturated carbocycles. The molecule has 4 heteroatoms. The minimum absolute atomic E-state index is 0.272. The minimum Gasteiger partial charge on any atom is -0.347 e. The first-order valence-electron chi connectivity index (χ1n) is 5.14. The lowest BCUT2D eigenvalue weighted by atomic mass is 9.97. The van der Waals surface area contributed by atoms with E-state index < -0.39 is 11.4 Å². The van der Waals surface area contributed by atoms with Crippen LogP contribution in [0.2, 0.25) is 0 Å². The maximum absolute atomic E-state index is 12.8. The summed E-state index contributed by atoms with van der Waals surface area (Å²) in [5.74, 6) is -0.641. The van der Waals surface area contributed by atoms with Crippen molar-refractivity contribution in [2.45, 2.75) is 25.2 Å². The van der Waals surface area contributed by atoms with E-state index in [2.05, 4.69) is 0 Å². The molecule has 0 aromatic heterocycles. The van der Waals surface area contributed by atoms with E-state index in [1.165, 1.54) is 12.1 Å². The van der Waals surface area contributed by atoms with Gasteiger partial charge in [0, 0.05) is 0 Å². The topological polar surface area (TPSA) is 18.5 Å². The van der Waals surface area contributed by atoms with Crippen LogP contribution in [-0.4, -0.2) is 18.3 Å². The summed E-state index contributed by atoms with van der Waals surface area (Å²) in [6, 6.07) is 6.17. The molecule has 1 aromatic rings. The number of ether oxygens (including phenoxy) is 2. The summed E-state index contributed by atoms with van der Waals surface area (Å²) in [6.07, 6.45) is 0. The van der Waals surface area contributed by atoms with E-state index in [0.717, 1.165) is 5.56 Å². The third-order valence-corrected chi connectivity index (χ3v) is 3.11. The third-order valence-electron chi connectivity index (χ3n) is 2.68. The number of halogens is 2. The first kappa shape index (κ1) is 11.8. The summed E-state index contributed by atoms with van der Waals surface area (Å²) < 4.78 is 24.2. The normalized spacial score (nSPS) is 28.2. The van der Waals surface area contributed by atoms with Gasteiger partial charge in [-0.2, -0.15) is 0 Å².